The molecule has 1 amide bonds. The van der Waals surface area contributed by atoms with Crippen molar-refractivity contribution in [3.8, 4) is 6.07 Å². The van der Waals surface area contributed by atoms with E-state index < -0.39 is 29.8 Å². The number of aromatic nitrogens is 1. The number of alkyl halides is 2. The predicted octanol–water partition coefficient (Wildman–Crippen LogP) is 1.66. The lowest BCUT2D eigenvalue weighted by Gasteiger charge is -2.25. The number of nitriles is 1. The number of nitrogens with zero attached hydrogens (tertiary/aromatic N) is 2. The van der Waals surface area contributed by atoms with Gasteiger partial charge in [-0.1, -0.05) is 0 Å². The zero-order valence-electron chi connectivity index (χ0n) is 12.4. The van der Waals surface area contributed by atoms with E-state index in [0.717, 1.165) is 0 Å². The highest BCUT2D eigenvalue weighted by Gasteiger charge is 2.55. The van der Waals surface area contributed by atoms with Gasteiger partial charge >= 0.3 is 11.9 Å². The molecule has 1 heterocycles. The van der Waals surface area contributed by atoms with Crippen molar-refractivity contribution in [3.63, 3.8) is 0 Å². The molecule has 1 aromatic rings. The molecule has 0 aromatic carbocycles. The summed E-state index contributed by atoms with van der Waals surface area (Å²) < 4.78 is 32.8. The standard InChI is InChI=1S/C15H15F2N3O3/c1-2-23-14(22)15(16,17)12(10-4-5-10)20-13(21)11-6-3-9(7-18)8-19-11/h3,6,8,10,12H,2,4-5H2,1H3,(H,20,21). The van der Waals surface area contributed by atoms with Crippen LogP contribution in [-0.2, 0) is 9.53 Å². The fourth-order valence-electron chi connectivity index (χ4n) is 2.10. The van der Waals surface area contributed by atoms with Crippen molar-refractivity contribution in [1.82, 2.24) is 10.3 Å². The smallest absolute Gasteiger partial charge is 0.379 e. The van der Waals surface area contributed by atoms with Gasteiger partial charge in [-0.25, -0.2) is 9.78 Å². The first-order valence-corrected chi connectivity index (χ1v) is 7.12. The van der Waals surface area contributed by atoms with Gasteiger partial charge < -0.3 is 10.1 Å². The molecule has 1 aliphatic rings. The number of pyridine rings is 1. The second kappa shape index (κ2) is 6.69. The van der Waals surface area contributed by atoms with Crippen molar-refractivity contribution in [2.24, 2.45) is 5.92 Å². The maximum Gasteiger partial charge on any atom is 0.379 e. The van der Waals surface area contributed by atoms with E-state index in [0.29, 0.717) is 12.8 Å². The summed E-state index contributed by atoms with van der Waals surface area (Å²) in [6.45, 7) is 1.26. The lowest BCUT2D eigenvalue weighted by Crippen LogP contribution is -2.54. The quantitative estimate of drug-likeness (QED) is 0.804. The van der Waals surface area contributed by atoms with Gasteiger partial charge in [0, 0.05) is 6.20 Å². The zero-order chi connectivity index (χ0) is 17.0. The Kier molecular flexibility index (Phi) is 4.89. The fraction of sp³-hybridized carbons (Fsp3) is 0.467. The predicted molar refractivity (Wildman–Crippen MR) is 74.5 cm³/mol. The van der Waals surface area contributed by atoms with Crippen LogP contribution in [0.5, 0.6) is 0 Å². The summed E-state index contributed by atoms with van der Waals surface area (Å²) in [5.41, 5.74) is 0.145. The number of nitrogens with one attached hydrogen (secondary N) is 1. The third-order valence-corrected chi connectivity index (χ3v) is 3.44. The third-order valence-electron chi connectivity index (χ3n) is 3.44. The molecule has 1 aromatic heterocycles. The van der Waals surface area contributed by atoms with Gasteiger partial charge in [0.2, 0.25) is 0 Å². The molecule has 0 aliphatic heterocycles. The summed E-state index contributed by atoms with van der Waals surface area (Å²) in [6.07, 6.45) is 2.17. The molecule has 1 atom stereocenters. The monoisotopic (exact) mass is 323 g/mol. The van der Waals surface area contributed by atoms with Crippen molar-refractivity contribution in [1.29, 1.82) is 5.26 Å². The Morgan fingerprint density at radius 3 is 2.70 bits per heavy atom. The van der Waals surface area contributed by atoms with Crippen LogP contribution < -0.4 is 5.32 Å². The molecule has 8 heteroatoms. The number of esters is 1. The van der Waals surface area contributed by atoms with Crippen molar-refractivity contribution in [2.75, 3.05) is 6.61 Å². The number of hydrogen-bond acceptors (Lipinski definition) is 5. The molecule has 122 valence electrons. The first-order chi connectivity index (χ1) is 10.9. The van der Waals surface area contributed by atoms with Gasteiger partial charge in [0.1, 0.15) is 17.8 Å². The van der Waals surface area contributed by atoms with Gasteiger partial charge in [0.05, 0.1) is 12.2 Å². The van der Waals surface area contributed by atoms with Gasteiger partial charge in [-0.3, -0.25) is 4.79 Å². The first-order valence-electron chi connectivity index (χ1n) is 7.12. The normalized spacial score (nSPS) is 15.4. The van der Waals surface area contributed by atoms with Crippen LogP contribution in [0.4, 0.5) is 8.78 Å². The summed E-state index contributed by atoms with van der Waals surface area (Å²) in [7, 11) is 0. The van der Waals surface area contributed by atoms with E-state index in [-0.39, 0.29) is 17.9 Å². The summed E-state index contributed by atoms with van der Waals surface area (Å²) in [5.74, 6) is -6.75. The summed E-state index contributed by atoms with van der Waals surface area (Å²) in [4.78, 5) is 27.3. The summed E-state index contributed by atoms with van der Waals surface area (Å²) >= 11 is 0. The molecule has 1 aliphatic carbocycles. The van der Waals surface area contributed by atoms with Gasteiger partial charge in [-0.05, 0) is 37.8 Å². The molecular formula is C15H15F2N3O3. The Morgan fingerprint density at radius 2 is 2.22 bits per heavy atom. The van der Waals surface area contributed by atoms with Gasteiger partial charge in [-0.15, -0.1) is 0 Å². The molecule has 2 rings (SSSR count). The second-order valence-electron chi connectivity index (χ2n) is 5.18. The molecule has 23 heavy (non-hydrogen) atoms. The maximum absolute atomic E-state index is 14.2. The minimum Gasteiger partial charge on any atom is -0.461 e. The SMILES string of the molecule is CCOC(=O)C(F)(F)C(NC(=O)c1ccc(C#N)cn1)C1CC1. The van der Waals surface area contributed by atoms with Crippen molar-refractivity contribution in [3.05, 3.63) is 29.6 Å². The fourth-order valence-corrected chi connectivity index (χ4v) is 2.10. The number of hydrogen-bond donors (Lipinski definition) is 1. The minimum absolute atomic E-state index is 0.102. The van der Waals surface area contributed by atoms with E-state index in [1.807, 2.05) is 6.07 Å². The van der Waals surface area contributed by atoms with E-state index in [2.05, 4.69) is 15.0 Å². The zero-order valence-corrected chi connectivity index (χ0v) is 12.4. The van der Waals surface area contributed by atoms with Crippen LogP contribution in [-0.4, -0.2) is 35.4 Å². The Hall–Kier alpha value is -2.56. The molecule has 1 N–H and O–H groups in total. The number of halogens is 2. The molecular weight excluding hydrogens is 308 g/mol. The van der Waals surface area contributed by atoms with E-state index in [1.165, 1.54) is 25.3 Å². The van der Waals surface area contributed by atoms with Crippen LogP contribution in [0.1, 0.15) is 35.8 Å². The Bertz CT molecular complexity index is 636. The highest BCUT2D eigenvalue weighted by atomic mass is 19.3. The Morgan fingerprint density at radius 1 is 1.52 bits per heavy atom. The van der Waals surface area contributed by atoms with Crippen LogP contribution in [0.25, 0.3) is 0 Å². The van der Waals surface area contributed by atoms with Gasteiger partial charge in [0.25, 0.3) is 5.91 Å². The molecule has 1 fully saturated rings. The Labute approximate surface area is 131 Å². The lowest BCUT2D eigenvalue weighted by atomic mass is 10.0. The molecule has 0 saturated heterocycles. The molecule has 1 saturated carbocycles. The van der Waals surface area contributed by atoms with E-state index >= 15 is 0 Å². The molecule has 0 bridgehead atoms. The first kappa shape index (κ1) is 16.8. The maximum atomic E-state index is 14.2. The topological polar surface area (TPSA) is 92.1 Å². The number of carbonyl (C=O) groups is 2. The lowest BCUT2D eigenvalue weighted by molar-refractivity contribution is -0.176. The Balaban J connectivity index is 2.14. The largest absolute Gasteiger partial charge is 0.461 e. The van der Waals surface area contributed by atoms with Gasteiger partial charge in [-0.2, -0.15) is 14.0 Å². The second-order valence-corrected chi connectivity index (χ2v) is 5.18. The molecule has 1 unspecified atom stereocenters. The van der Waals surface area contributed by atoms with Crippen LogP contribution in [0.15, 0.2) is 18.3 Å². The van der Waals surface area contributed by atoms with Gasteiger partial charge in [0.15, 0.2) is 0 Å². The van der Waals surface area contributed by atoms with E-state index in [9.17, 15) is 18.4 Å². The van der Waals surface area contributed by atoms with E-state index in [1.54, 1.807) is 0 Å². The van der Waals surface area contributed by atoms with Crippen LogP contribution in [0.3, 0.4) is 0 Å². The molecule has 0 radical (unpaired) electrons. The number of amides is 1. The summed E-state index contributed by atoms with van der Waals surface area (Å²) in [6, 6.07) is 2.83. The number of carbonyl (C=O) groups excluding carboxylic acids is 2. The average molecular weight is 323 g/mol. The third kappa shape index (κ3) is 3.80. The number of ether oxygens (including phenoxy) is 1. The highest BCUT2D eigenvalue weighted by molar-refractivity contribution is 5.93. The van der Waals surface area contributed by atoms with Crippen LogP contribution >= 0.6 is 0 Å². The minimum atomic E-state index is -3.81. The highest BCUT2D eigenvalue weighted by Crippen LogP contribution is 2.40. The van der Waals surface area contributed by atoms with Crippen molar-refractivity contribution in [2.45, 2.75) is 31.7 Å². The van der Waals surface area contributed by atoms with Crippen molar-refractivity contribution >= 4 is 11.9 Å². The molecule has 0 spiro atoms. The van der Waals surface area contributed by atoms with E-state index in [4.69, 9.17) is 5.26 Å². The average Bonchev–Trinajstić information content (AvgIpc) is 3.37. The molecule has 6 nitrogen and oxygen atoms in total. The van der Waals surface area contributed by atoms with Crippen molar-refractivity contribution < 1.29 is 23.1 Å². The van der Waals surface area contributed by atoms with Crippen LogP contribution in [0.2, 0.25) is 0 Å². The van der Waals surface area contributed by atoms with Crippen LogP contribution in [0, 0.1) is 17.2 Å². The summed E-state index contributed by atoms with van der Waals surface area (Å²) in [5, 5.41) is 10.8. The number of rotatable bonds is 6.